The van der Waals surface area contributed by atoms with E-state index in [0.717, 1.165) is 12.0 Å². The lowest BCUT2D eigenvalue weighted by Crippen LogP contribution is -2.22. The van der Waals surface area contributed by atoms with E-state index < -0.39 is 9.84 Å². The van der Waals surface area contributed by atoms with Crippen molar-refractivity contribution in [3.63, 3.8) is 0 Å². The summed E-state index contributed by atoms with van der Waals surface area (Å²) in [7, 11) is -2.83. The van der Waals surface area contributed by atoms with Crippen molar-refractivity contribution < 1.29 is 8.42 Å². The van der Waals surface area contributed by atoms with Crippen LogP contribution in [0.5, 0.6) is 0 Å². The molecule has 2 N–H and O–H groups in total. The maximum absolute atomic E-state index is 11.4. The minimum absolute atomic E-state index is 0.117. The van der Waals surface area contributed by atoms with E-state index >= 15 is 0 Å². The fourth-order valence-electron chi connectivity index (χ4n) is 2.34. The highest BCUT2D eigenvalue weighted by molar-refractivity contribution is 7.91. The fraction of sp³-hybridized carbons (Fsp3) is 0.545. The van der Waals surface area contributed by atoms with Crippen molar-refractivity contribution in [2.24, 2.45) is 11.7 Å². The summed E-state index contributed by atoms with van der Waals surface area (Å²) in [5.41, 5.74) is 6.80. The summed E-state index contributed by atoms with van der Waals surface area (Å²) in [6.45, 7) is 0.478. The normalized spacial score (nSPS) is 25.4. The molecule has 1 fully saturated rings. The van der Waals surface area contributed by atoms with Crippen LogP contribution < -0.4 is 5.73 Å². The van der Waals surface area contributed by atoms with Gasteiger partial charge in [0, 0.05) is 18.3 Å². The van der Waals surface area contributed by atoms with Crippen LogP contribution in [0.1, 0.15) is 17.9 Å². The Hall–Kier alpha value is -0.940. The standard InChI is InChI=1S/C11H16N2O2S/c12-6-11(9-2-1-4-13-7-9)10-3-5-16(14,15)8-10/h1-2,4,7,10-11H,3,5-6,8,12H2. The van der Waals surface area contributed by atoms with Crippen LogP contribution in [-0.4, -0.2) is 31.5 Å². The Morgan fingerprint density at radius 3 is 2.88 bits per heavy atom. The highest BCUT2D eigenvalue weighted by atomic mass is 32.2. The van der Waals surface area contributed by atoms with Gasteiger partial charge < -0.3 is 5.73 Å². The number of hydrogen-bond acceptors (Lipinski definition) is 4. The van der Waals surface area contributed by atoms with Crippen molar-refractivity contribution in [1.29, 1.82) is 0 Å². The van der Waals surface area contributed by atoms with Gasteiger partial charge in [0.05, 0.1) is 11.5 Å². The number of sulfone groups is 1. The number of nitrogens with zero attached hydrogens (tertiary/aromatic N) is 1. The van der Waals surface area contributed by atoms with Crippen LogP contribution in [0.25, 0.3) is 0 Å². The number of rotatable bonds is 3. The van der Waals surface area contributed by atoms with Gasteiger partial charge in [0.2, 0.25) is 0 Å². The van der Waals surface area contributed by atoms with Crippen molar-refractivity contribution in [2.45, 2.75) is 12.3 Å². The largest absolute Gasteiger partial charge is 0.330 e. The van der Waals surface area contributed by atoms with Crippen molar-refractivity contribution in [2.75, 3.05) is 18.1 Å². The second kappa shape index (κ2) is 4.51. The lowest BCUT2D eigenvalue weighted by atomic mass is 9.86. The Labute approximate surface area is 95.8 Å². The predicted octanol–water partition coefficient (Wildman–Crippen LogP) is 0.559. The minimum atomic E-state index is -2.83. The molecule has 1 saturated heterocycles. The minimum Gasteiger partial charge on any atom is -0.330 e. The summed E-state index contributed by atoms with van der Waals surface area (Å²) in [5.74, 6) is 0.836. The van der Waals surface area contributed by atoms with Crippen LogP contribution in [0.4, 0.5) is 0 Å². The molecule has 2 atom stereocenters. The molecule has 5 heteroatoms. The van der Waals surface area contributed by atoms with E-state index in [1.165, 1.54) is 0 Å². The van der Waals surface area contributed by atoms with E-state index in [2.05, 4.69) is 4.98 Å². The Morgan fingerprint density at radius 1 is 1.56 bits per heavy atom. The van der Waals surface area contributed by atoms with Crippen LogP contribution in [-0.2, 0) is 9.84 Å². The van der Waals surface area contributed by atoms with Gasteiger partial charge in [-0.25, -0.2) is 8.42 Å². The summed E-state index contributed by atoms with van der Waals surface area (Å²) < 4.78 is 22.9. The molecule has 16 heavy (non-hydrogen) atoms. The molecule has 0 aliphatic carbocycles. The SMILES string of the molecule is NCC(c1cccnc1)C1CCS(=O)(=O)C1. The first-order chi connectivity index (χ1) is 7.62. The Bertz CT molecular complexity index is 444. The molecule has 4 nitrogen and oxygen atoms in total. The molecule has 88 valence electrons. The zero-order valence-corrected chi connectivity index (χ0v) is 9.86. The Balaban J connectivity index is 2.19. The molecule has 1 aromatic heterocycles. The summed E-state index contributed by atoms with van der Waals surface area (Å²) in [4.78, 5) is 4.06. The quantitative estimate of drug-likeness (QED) is 0.837. The monoisotopic (exact) mass is 240 g/mol. The van der Waals surface area contributed by atoms with Gasteiger partial charge in [0.15, 0.2) is 9.84 Å². The van der Waals surface area contributed by atoms with Gasteiger partial charge in [-0.3, -0.25) is 4.98 Å². The summed E-state index contributed by atoms with van der Waals surface area (Å²) in [6.07, 6.45) is 4.21. The van der Waals surface area contributed by atoms with E-state index in [-0.39, 0.29) is 17.6 Å². The van der Waals surface area contributed by atoms with Crippen molar-refractivity contribution in [3.05, 3.63) is 30.1 Å². The first-order valence-corrected chi connectivity index (χ1v) is 7.25. The molecule has 0 aromatic carbocycles. The third kappa shape index (κ3) is 2.41. The van der Waals surface area contributed by atoms with Gasteiger partial charge in [0.1, 0.15) is 0 Å². The smallest absolute Gasteiger partial charge is 0.150 e. The maximum Gasteiger partial charge on any atom is 0.150 e. The van der Waals surface area contributed by atoms with E-state index in [0.29, 0.717) is 12.3 Å². The van der Waals surface area contributed by atoms with Gasteiger partial charge >= 0.3 is 0 Å². The van der Waals surface area contributed by atoms with Crippen molar-refractivity contribution >= 4 is 9.84 Å². The second-order valence-electron chi connectivity index (χ2n) is 4.29. The summed E-state index contributed by atoms with van der Waals surface area (Å²) >= 11 is 0. The van der Waals surface area contributed by atoms with Crippen LogP contribution in [0.2, 0.25) is 0 Å². The number of hydrogen-bond donors (Lipinski definition) is 1. The first-order valence-electron chi connectivity index (χ1n) is 5.43. The fourth-order valence-corrected chi connectivity index (χ4v) is 4.22. The lowest BCUT2D eigenvalue weighted by Gasteiger charge is -2.20. The molecule has 0 spiro atoms. The van der Waals surface area contributed by atoms with Crippen molar-refractivity contribution in [1.82, 2.24) is 4.98 Å². The first kappa shape index (κ1) is 11.5. The van der Waals surface area contributed by atoms with Gasteiger partial charge in [-0.15, -0.1) is 0 Å². The van der Waals surface area contributed by atoms with E-state index in [4.69, 9.17) is 5.73 Å². The van der Waals surface area contributed by atoms with Gasteiger partial charge in [-0.2, -0.15) is 0 Å². The van der Waals surface area contributed by atoms with Crippen LogP contribution in [0, 0.1) is 5.92 Å². The molecule has 1 aliphatic rings. The Morgan fingerprint density at radius 2 is 2.38 bits per heavy atom. The molecule has 0 saturated carbocycles. The zero-order valence-electron chi connectivity index (χ0n) is 9.04. The molecule has 2 heterocycles. The number of nitrogens with two attached hydrogens (primary N) is 1. The summed E-state index contributed by atoms with van der Waals surface area (Å²) in [6, 6.07) is 3.83. The van der Waals surface area contributed by atoms with Gasteiger partial charge in [-0.05, 0) is 30.5 Å². The average molecular weight is 240 g/mol. The van der Waals surface area contributed by atoms with E-state index in [1.807, 2.05) is 12.1 Å². The molecule has 1 aromatic rings. The van der Waals surface area contributed by atoms with Gasteiger partial charge in [-0.1, -0.05) is 6.07 Å². The summed E-state index contributed by atoms with van der Waals surface area (Å²) in [5, 5.41) is 0. The maximum atomic E-state index is 11.4. The highest BCUT2D eigenvalue weighted by Crippen LogP contribution is 2.32. The molecule has 0 radical (unpaired) electrons. The van der Waals surface area contributed by atoms with Gasteiger partial charge in [0.25, 0.3) is 0 Å². The second-order valence-corrected chi connectivity index (χ2v) is 6.52. The number of pyridine rings is 1. The predicted molar refractivity (Wildman–Crippen MR) is 62.8 cm³/mol. The lowest BCUT2D eigenvalue weighted by molar-refractivity contribution is 0.473. The third-order valence-electron chi connectivity index (χ3n) is 3.20. The van der Waals surface area contributed by atoms with E-state index in [9.17, 15) is 8.42 Å². The molecule has 2 unspecified atom stereocenters. The molecule has 0 amide bonds. The zero-order chi connectivity index (χ0) is 11.6. The molecule has 2 rings (SSSR count). The molecular formula is C11H16N2O2S. The van der Waals surface area contributed by atoms with Crippen LogP contribution >= 0.6 is 0 Å². The Kier molecular flexibility index (Phi) is 3.25. The third-order valence-corrected chi connectivity index (χ3v) is 5.00. The number of aromatic nitrogens is 1. The van der Waals surface area contributed by atoms with E-state index in [1.54, 1.807) is 12.4 Å². The molecule has 1 aliphatic heterocycles. The highest BCUT2D eigenvalue weighted by Gasteiger charge is 2.33. The average Bonchev–Trinajstić information content (AvgIpc) is 2.62. The molecular weight excluding hydrogens is 224 g/mol. The van der Waals surface area contributed by atoms with Crippen LogP contribution in [0.15, 0.2) is 24.5 Å². The van der Waals surface area contributed by atoms with Crippen LogP contribution in [0.3, 0.4) is 0 Å². The van der Waals surface area contributed by atoms with Crippen molar-refractivity contribution in [3.8, 4) is 0 Å². The molecule has 0 bridgehead atoms. The topological polar surface area (TPSA) is 73.0 Å².